The first-order valence-corrected chi connectivity index (χ1v) is 8.51. The molecule has 3 atom stereocenters. The van der Waals surface area contributed by atoms with Gasteiger partial charge >= 0.3 is 12.1 Å². The average molecular weight is 341 g/mol. The number of aliphatic hydroxyl groups is 2. The predicted octanol–water partition coefficient (Wildman–Crippen LogP) is 1.41. The molecule has 0 spiro atoms. The van der Waals surface area contributed by atoms with Crippen LogP contribution in [0.1, 0.15) is 59.3 Å². The van der Waals surface area contributed by atoms with Gasteiger partial charge in [-0.15, -0.1) is 0 Å². The van der Waals surface area contributed by atoms with E-state index < -0.39 is 40.3 Å². The minimum Gasteiger partial charge on any atom is -0.480 e. The third-order valence-corrected chi connectivity index (χ3v) is 5.57. The molecule has 4 saturated carbocycles. The van der Waals surface area contributed by atoms with Crippen molar-refractivity contribution in [3.63, 3.8) is 0 Å². The highest BCUT2D eigenvalue weighted by Crippen LogP contribution is 2.64. The fraction of sp³-hybridized carbons (Fsp3) is 0.882. The topological polar surface area (TPSA) is 116 Å². The van der Waals surface area contributed by atoms with E-state index in [-0.39, 0.29) is 25.2 Å². The molecule has 0 aliphatic heterocycles. The lowest BCUT2D eigenvalue weighted by Gasteiger charge is -2.64. The van der Waals surface area contributed by atoms with Crippen molar-refractivity contribution in [3.05, 3.63) is 0 Å². The van der Waals surface area contributed by atoms with Gasteiger partial charge in [-0.25, -0.2) is 9.59 Å². The van der Waals surface area contributed by atoms with Crippen LogP contribution in [-0.2, 0) is 9.53 Å². The Kier molecular flexibility index (Phi) is 3.70. The Bertz CT molecular complexity index is 550. The number of amides is 1. The van der Waals surface area contributed by atoms with Gasteiger partial charge in [0, 0.05) is 11.8 Å². The van der Waals surface area contributed by atoms with E-state index in [1.807, 2.05) is 0 Å². The fourth-order valence-corrected chi connectivity index (χ4v) is 5.63. The summed E-state index contributed by atoms with van der Waals surface area (Å²) < 4.78 is 5.19. The summed E-state index contributed by atoms with van der Waals surface area (Å²) >= 11 is 0. The Hall–Kier alpha value is -1.34. The Labute approximate surface area is 141 Å². The largest absolute Gasteiger partial charge is 0.480 e. The van der Waals surface area contributed by atoms with Crippen LogP contribution in [0.3, 0.4) is 0 Å². The van der Waals surface area contributed by atoms with E-state index in [0.717, 1.165) is 0 Å². The zero-order valence-electron chi connectivity index (χ0n) is 14.5. The highest BCUT2D eigenvalue weighted by molar-refractivity contribution is 5.81. The third-order valence-electron chi connectivity index (χ3n) is 5.57. The summed E-state index contributed by atoms with van der Waals surface area (Å²) in [5.74, 6) is -1.08. The Morgan fingerprint density at radius 1 is 1.08 bits per heavy atom. The van der Waals surface area contributed by atoms with Gasteiger partial charge in [-0.2, -0.15) is 0 Å². The maximum atomic E-state index is 12.1. The lowest BCUT2D eigenvalue weighted by molar-refractivity contribution is -0.237. The number of nitrogens with one attached hydrogen (secondary N) is 1. The van der Waals surface area contributed by atoms with E-state index in [1.165, 1.54) is 0 Å². The fourth-order valence-electron chi connectivity index (χ4n) is 5.63. The molecule has 0 radical (unpaired) electrons. The van der Waals surface area contributed by atoms with Crippen molar-refractivity contribution in [2.24, 2.45) is 11.3 Å². The maximum Gasteiger partial charge on any atom is 0.408 e. The molecule has 0 aromatic carbocycles. The number of hydrogen-bond acceptors (Lipinski definition) is 5. The average Bonchev–Trinajstić information content (AvgIpc) is 2.28. The van der Waals surface area contributed by atoms with Crippen LogP contribution in [0.25, 0.3) is 0 Å². The van der Waals surface area contributed by atoms with Crippen molar-refractivity contribution in [1.29, 1.82) is 0 Å². The monoisotopic (exact) mass is 341 g/mol. The molecule has 2 unspecified atom stereocenters. The van der Waals surface area contributed by atoms with Crippen molar-refractivity contribution in [2.75, 3.05) is 0 Å². The Morgan fingerprint density at radius 2 is 1.62 bits per heavy atom. The van der Waals surface area contributed by atoms with Crippen LogP contribution in [0.15, 0.2) is 0 Å². The number of carbonyl (C=O) groups excluding carboxylic acids is 1. The number of ether oxygens (including phenoxy) is 1. The highest BCUT2D eigenvalue weighted by Gasteiger charge is 2.66. The van der Waals surface area contributed by atoms with Gasteiger partial charge in [0.2, 0.25) is 0 Å². The molecule has 4 fully saturated rings. The summed E-state index contributed by atoms with van der Waals surface area (Å²) in [5, 5.41) is 33.8. The van der Waals surface area contributed by atoms with Crippen molar-refractivity contribution in [1.82, 2.24) is 5.32 Å². The van der Waals surface area contributed by atoms with Gasteiger partial charge in [0.05, 0.1) is 11.2 Å². The van der Waals surface area contributed by atoms with Gasteiger partial charge in [0.25, 0.3) is 0 Å². The van der Waals surface area contributed by atoms with E-state index in [4.69, 9.17) is 4.74 Å². The third kappa shape index (κ3) is 3.11. The van der Waals surface area contributed by atoms with Gasteiger partial charge < -0.3 is 25.4 Å². The lowest BCUT2D eigenvalue weighted by Crippen LogP contribution is -2.69. The molecule has 136 valence electrons. The number of hydrogen-bond donors (Lipinski definition) is 4. The zero-order chi connectivity index (χ0) is 18.0. The zero-order valence-corrected chi connectivity index (χ0v) is 14.5. The summed E-state index contributed by atoms with van der Waals surface area (Å²) in [6, 6.07) is -1.19. The van der Waals surface area contributed by atoms with Crippen LogP contribution in [-0.4, -0.2) is 50.2 Å². The smallest absolute Gasteiger partial charge is 0.408 e. The van der Waals surface area contributed by atoms with Gasteiger partial charge in [-0.3, -0.25) is 0 Å². The minimum absolute atomic E-state index is 0.0820. The van der Waals surface area contributed by atoms with Crippen LogP contribution in [0.5, 0.6) is 0 Å². The first-order chi connectivity index (χ1) is 10.8. The second-order valence-corrected chi connectivity index (χ2v) is 9.24. The first kappa shape index (κ1) is 17.5. The number of alkyl carbamates (subject to hydrolysis) is 1. The van der Waals surface area contributed by atoms with Crippen LogP contribution in [0.2, 0.25) is 0 Å². The Morgan fingerprint density at radius 3 is 2.04 bits per heavy atom. The molecule has 4 rings (SSSR count). The van der Waals surface area contributed by atoms with Crippen LogP contribution in [0.4, 0.5) is 4.79 Å². The highest BCUT2D eigenvalue weighted by atomic mass is 16.6. The normalized spacial score (nSPS) is 41.8. The molecule has 4 aliphatic carbocycles. The molecule has 7 heteroatoms. The molecule has 1 amide bonds. The molecule has 0 aromatic heterocycles. The summed E-state index contributed by atoms with van der Waals surface area (Å²) in [6.07, 6.45) is 1.84. The number of carboxylic acids is 1. The van der Waals surface area contributed by atoms with Crippen molar-refractivity contribution in [2.45, 2.75) is 82.1 Å². The molecular formula is C17H27NO6. The lowest BCUT2D eigenvalue weighted by atomic mass is 9.44. The van der Waals surface area contributed by atoms with Crippen molar-refractivity contribution >= 4 is 12.1 Å². The molecule has 0 saturated heterocycles. The van der Waals surface area contributed by atoms with Gasteiger partial charge in [0.15, 0.2) is 0 Å². The van der Waals surface area contributed by atoms with E-state index >= 15 is 0 Å². The van der Waals surface area contributed by atoms with E-state index in [0.29, 0.717) is 19.3 Å². The molecule has 4 bridgehead atoms. The molecule has 4 aliphatic rings. The van der Waals surface area contributed by atoms with E-state index in [1.54, 1.807) is 20.8 Å². The van der Waals surface area contributed by atoms with Crippen molar-refractivity contribution in [3.8, 4) is 0 Å². The van der Waals surface area contributed by atoms with Gasteiger partial charge in [-0.1, -0.05) is 0 Å². The second kappa shape index (κ2) is 5.08. The second-order valence-electron chi connectivity index (χ2n) is 9.24. The Balaban J connectivity index is 1.86. The number of carboxylic acid groups (broad SMARTS) is 1. The predicted molar refractivity (Wildman–Crippen MR) is 84.3 cm³/mol. The van der Waals surface area contributed by atoms with Crippen LogP contribution >= 0.6 is 0 Å². The summed E-state index contributed by atoms with van der Waals surface area (Å²) in [7, 11) is 0. The molecule has 0 aromatic rings. The minimum atomic E-state index is -1.19. The molecule has 7 nitrogen and oxygen atoms in total. The molecule has 24 heavy (non-hydrogen) atoms. The molecular weight excluding hydrogens is 314 g/mol. The van der Waals surface area contributed by atoms with Gasteiger partial charge in [0.1, 0.15) is 11.6 Å². The standard InChI is InChI=1S/C17H27NO6/c1-14(2,3)24-13(21)18-11(12(19)20)15-4-10-5-16(22,7-15)9-17(23,6-10)8-15/h10-11,22-23H,4-9H2,1-3H3,(H,18,21)(H,19,20)/t10?,11-,15?,16?,17?/m1/s1. The number of carbonyl (C=O) groups is 2. The number of aliphatic carboxylic acids is 1. The maximum absolute atomic E-state index is 12.1. The van der Waals surface area contributed by atoms with E-state index in [2.05, 4.69) is 5.32 Å². The molecule has 4 N–H and O–H groups in total. The van der Waals surface area contributed by atoms with Crippen molar-refractivity contribution < 1.29 is 29.6 Å². The summed E-state index contributed by atoms with van der Waals surface area (Å²) in [5.41, 5.74) is -3.66. The SMILES string of the molecule is CC(C)(C)OC(=O)N[C@H](C(=O)O)C12CC3CC(O)(CC(O)(C3)C1)C2. The van der Waals surface area contributed by atoms with Crippen LogP contribution in [0, 0.1) is 11.3 Å². The van der Waals surface area contributed by atoms with Gasteiger partial charge in [-0.05, 0) is 58.8 Å². The van der Waals surface area contributed by atoms with E-state index in [9.17, 15) is 24.9 Å². The quantitative estimate of drug-likeness (QED) is 0.617. The molecule has 0 heterocycles. The summed E-state index contributed by atoms with van der Waals surface area (Å²) in [6.45, 7) is 5.12. The number of rotatable bonds is 3. The van der Waals surface area contributed by atoms with Crippen LogP contribution < -0.4 is 5.32 Å². The first-order valence-electron chi connectivity index (χ1n) is 8.51. The summed E-state index contributed by atoms with van der Waals surface area (Å²) in [4.78, 5) is 24.0.